The van der Waals surface area contributed by atoms with Crippen molar-refractivity contribution in [3.8, 4) is 0 Å². The molecule has 0 saturated carbocycles. The minimum Gasteiger partial charge on any atom is -0.472 e. The number of nitrogens with zero attached hydrogens (tertiary/aromatic N) is 2. The van der Waals surface area contributed by atoms with Crippen molar-refractivity contribution in [3.63, 3.8) is 0 Å². The molecular formula is C20H27N3O2. The van der Waals surface area contributed by atoms with E-state index in [-0.39, 0.29) is 5.91 Å². The maximum absolute atomic E-state index is 12.2. The highest BCUT2D eigenvalue weighted by Crippen LogP contribution is 2.09. The van der Waals surface area contributed by atoms with Crippen molar-refractivity contribution in [1.82, 2.24) is 15.1 Å². The van der Waals surface area contributed by atoms with Gasteiger partial charge in [0.25, 0.3) is 0 Å². The number of hydrogen-bond donors (Lipinski definition) is 1. The first-order valence-corrected chi connectivity index (χ1v) is 9.06. The Balaban J connectivity index is 1.35. The number of rotatable bonds is 7. The molecule has 1 aromatic heterocycles. The molecule has 2 heterocycles. The van der Waals surface area contributed by atoms with Crippen LogP contribution in [0.25, 0.3) is 0 Å². The number of hydrogen-bond acceptors (Lipinski definition) is 4. The lowest BCUT2D eigenvalue weighted by Gasteiger charge is -2.21. The Labute approximate surface area is 149 Å². The summed E-state index contributed by atoms with van der Waals surface area (Å²) in [5.41, 5.74) is 2.47. The van der Waals surface area contributed by atoms with Gasteiger partial charge in [0, 0.05) is 31.7 Å². The molecule has 0 aliphatic carbocycles. The summed E-state index contributed by atoms with van der Waals surface area (Å²) >= 11 is 0. The Morgan fingerprint density at radius 1 is 1.00 bits per heavy atom. The molecule has 134 valence electrons. The SMILES string of the molecule is O=C(CN1CCCN(Cc2ccoc2)CC1)NCCc1ccccc1. The maximum Gasteiger partial charge on any atom is 0.234 e. The molecule has 0 atom stereocenters. The Morgan fingerprint density at radius 3 is 2.60 bits per heavy atom. The van der Waals surface area contributed by atoms with Crippen LogP contribution in [0.3, 0.4) is 0 Å². The summed E-state index contributed by atoms with van der Waals surface area (Å²) in [6, 6.07) is 12.3. The first-order chi connectivity index (χ1) is 12.3. The van der Waals surface area contributed by atoms with Crippen molar-refractivity contribution < 1.29 is 9.21 Å². The van der Waals surface area contributed by atoms with Gasteiger partial charge in [-0.15, -0.1) is 0 Å². The summed E-state index contributed by atoms with van der Waals surface area (Å²) in [5.74, 6) is 0.124. The van der Waals surface area contributed by atoms with Crippen molar-refractivity contribution in [2.24, 2.45) is 0 Å². The first-order valence-electron chi connectivity index (χ1n) is 9.06. The number of carbonyl (C=O) groups is 1. The van der Waals surface area contributed by atoms with E-state index in [1.807, 2.05) is 30.5 Å². The van der Waals surface area contributed by atoms with Crippen molar-refractivity contribution in [1.29, 1.82) is 0 Å². The predicted octanol–water partition coefficient (Wildman–Crippen LogP) is 2.15. The fourth-order valence-corrected chi connectivity index (χ4v) is 3.23. The highest BCUT2D eigenvalue weighted by Gasteiger charge is 2.17. The number of amides is 1. The highest BCUT2D eigenvalue weighted by molar-refractivity contribution is 5.78. The van der Waals surface area contributed by atoms with Crippen LogP contribution < -0.4 is 5.32 Å². The molecule has 1 aromatic carbocycles. The van der Waals surface area contributed by atoms with Crippen molar-refractivity contribution in [2.75, 3.05) is 39.3 Å². The molecule has 1 aliphatic heterocycles. The molecule has 1 aliphatic rings. The van der Waals surface area contributed by atoms with Gasteiger partial charge in [0.05, 0.1) is 19.1 Å². The average Bonchev–Trinajstić information content (AvgIpc) is 3.03. The van der Waals surface area contributed by atoms with E-state index in [1.54, 1.807) is 6.26 Å². The van der Waals surface area contributed by atoms with Crippen LogP contribution in [0.1, 0.15) is 17.5 Å². The predicted molar refractivity (Wildman–Crippen MR) is 98.2 cm³/mol. The molecule has 1 N–H and O–H groups in total. The highest BCUT2D eigenvalue weighted by atomic mass is 16.3. The molecule has 3 rings (SSSR count). The third kappa shape index (κ3) is 6.03. The van der Waals surface area contributed by atoms with Crippen molar-refractivity contribution in [2.45, 2.75) is 19.4 Å². The molecule has 1 saturated heterocycles. The second-order valence-electron chi connectivity index (χ2n) is 6.62. The van der Waals surface area contributed by atoms with Crippen LogP contribution >= 0.6 is 0 Å². The van der Waals surface area contributed by atoms with Gasteiger partial charge in [0.2, 0.25) is 5.91 Å². The van der Waals surface area contributed by atoms with Crippen molar-refractivity contribution in [3.05, 3.63) is 60.1 Å². The standard InChI is InChI=1S/C20H27N3O2/c24-20(21-9-7-18-5-2-1-3-6-18)16-23-11-4-10-22(12-13-23)15-19-8-14-25-17-19/h1-3,5-6,8,14,17H,4,7,9-13,15-16H2,(H,21,24). The first kappa shape index (κ1) is 17.7. The summed E-state index contributed by atoms with van der Waals surface area (Å²) in [6.45, 7) is 6.09. The van der Waals surface area contributed by atoms with Gasteiger partial charge in [-0.25, -0.2) is 0 Å². The fraction of sp³-hybridized carbons (Fsp3) is 0.450. The van der Waals surface area contributed by atoms with Gasteiger partial charge >= 0.3 is 0 Å². The molecule has 5 heteroatoms. The van der Waals surface area contributed by atoms with E-state index in [0.717, 1.165) is 45.6 Å². The van der Waals surface area contributed by atoms with Gasteiger partial charge in [-0.2, -0.15) is 0 Å². The Bertz CT molecular complexity index is 628. The zero-order valence-electron chi connectivity index (χ0n) is 14.7. The zero-order valence-corrected chi connectivity index (χ0v) is 14.7. The largest absolute Gasteiger partial charge is 0.472 e. The van der Waals surface area contributed by atoms with E-state index in [9.17, 15) is 4.79 Å². The summed E-state index contributed by atoms with van der Waals surface area (Å²) in [7, 11) is 0. The van der Waals surface area contributed by atoms with Gasteiger partial charge in [0.1, 0.15) is 0 Å². The van der Waals surface area contributed by atoms with Gasteiger partial charge in [0.15, 0.2) is 0 Å². The molecular weight excluding hydrogens is 314 g/mol. The lowest BCUT2D eigenvalue weighted by atomic mass is 10.1. The molecule has 5 nitrogen and oxygen atoms in total. The summed E-state index contributed by atoms with van der Waals surface area (Å²) in [4.78, 5) is 16.9. The molecule has 1 fully saturated rings. The van der Waals surface area contributed by atoms with Gasteiger partial charge in [-0.1, -0.05) is 30.3 Å². The number of furan rings is 1. The third-order valence-corrected chi connectivity index (χ3v) is 4.61. The Hall–Kier alpha value is -2.11. The topological polar surface area (TPSA) is 48.7 Å². The second-order valence-corrected chi connectivity index (χ2v) is 6.62. The Kier molecular flexibility index (Phi) is 6.65. The number of nitrogens with one attached hydrogen (secondary N) is 1. The van der Waals surface area contributed by atoms with Gasteiger partial charge in [-0.05, 0) is 37.6 Å². The van der Waals surface area contributed by atoms with Crippen LogP contribution in [0.15, 0.2) is 53.3 Å². The zero-order chi connectivity index (χ0) is 17.3. The number of carbonyl (C=O) groups excluding carboxylic acids is 1. The van der Waals surface area contributed by atoms with Crippen LogP contribution in [-0.2, 0) is 17.8 Å². The number of benzene rings is 1. The molecule has 0 radical (unpaired) electrons. The average molecular weight is 341 g/mol. The minimum absolute atomic E-state index is 0.124. The lowest BCUT2D eigenvalue weighted by Crippen LogP contribution is -2.39. The summed E-state index contributed by atoms with van der Waals surface area (Å²) in [5, 5.41) is 3.04. The third-order valence-electron chi connectivity index (χ3n) is 4.61. The van der Waals surface area contributed by atoms with E-state index in [2.05, 4.69) is 27.2 Å². The minimum atomic E-state index is 0.124. The van der Waals surface area contributed by atoms with Crippen LogP contribution in [0.4, 0.5) is 0 Å². The van der Waals surface area contributed by atoms with Crippen LogP contribution in [-0.4, -0.2) is 55.0 Å². The van der Waals surface area contributed by atoms with E-state index in [4.69, 9.17) is 4.42 Å². The molecule has 2 aromatic rings. The molecule has 0 bridgehead atoms. The van der Waals surface area contributed by atoms with Crippen LogP contribution in [0.5, 0.6) is 0 Å². The molecule has 1 amide bonds. The van der Waals surface area contributed by atoms with Gasteiger partial charge in [-0.3, -0.25) is 14.6 Å². The van der Waals surface area contributed by atoms with E-state index >= 15 is 0 Å². The van der Waals surface area contributed by atoms with E-state index in [0.29, 0.717) is 13.1 Å². The molecule has 0 unspecified atom stereocenters. The van der Waals surface area contributed by atoms with E-state index < -0.39 is 0 Å². The monoisotopic (exact) mass is 341 g/mol. The lowest BCUT2D eigenvalue weighted by molar-refractivity contribution is -0.122. The Morgan fingerprint density at radius 2 is 1.80 bits per heavy atom. The quantitative estimate of drug-likeness (QED) is 0.838. The van der Waals surface area contributed by atoms with Gasteiger partial charge < -0.3 is 9.73 Å². The van der Waals surface area contributed by atoms with E-state index in [1.165, 1.54) is 11.1 Å². The van der Waals surface area contributed by atoms with Crippen LogP contribution in [0.2, 0.25) is 0 Å². The van der Waals surface area contributed by atoms with Crippen LogP contribution in [0, 0.1) is 0 Å². The maximum atomic E-state index is 12.2. The second kappa shape index (κ2) is 9.39. The smallest absolute Gasteiger partial charge is 0.234 e. The molecule has 0 spiro atoms. The van der Waals surface area contributed by atoms with Crippen molar-refractivity contribution >= 4 is 5.91 Å². The fourth-order valence-electron chi connectivity index (χ4n) is 3.23. The molecule has 25 heavy (non-hydrogen) atoms. The summed E-state index contributed by atoms with van der Waals surface area (Å²) < 4.78 is 5.14. The normalized spacial score (nSPS) is 16.5. The summed E-state index contributed by atoms with van der Waals surface area (Å²) in [6.07, 6.45) is 5.50.